The fourth-order valence-corrected chi connectivity index (χ4v) is 2.66. The van der Waals surface area contributed by atoms with Gasteiger partial charge in [0, 0.05) is 31.6 Å². The number of Topliss-reactive ketones (excluding diaryl/α,β-unsaturated/α-hetero) is 1. The summed E-state index contributed by atoms with van der Waals surface area (Å²) in [6, 6.07) is 7.79. The monoisotopic (exact) mass is 291 g/mol. The topological polar surface area (TPSA) is 49.8 Å². The highest BCUT2D eigenvalue weighted by Gasteiger charge is 2.20. The van der Waals surface area contributed by atoms with Crippen molar-refractivity contribution in [2.75, 3.05) is 32.8 Å². The van der Waals surface area contributed by atoms with Crippen LogP contribution in [0.4, 0.5) is 0 Å². The second kappa shape index (κ2) is 8.27. The zero-order valence-corrected chi connectivity index (χ0v) is 12.8. The lowest BCUT2D eigenvalue weighted by Gasteiger charge is -2.31. The molecule has 1 fully saturated rings. The fraction of sp³-hybridized carbons (Fsp3) is 0.588. The Morgan fingerprint density at radius 1 is 1.29 bits per heavy atom. The number of ether oxygens (including phenoxy) is 1. The Hall–Kier alpha value is -1.23. The van der Waals surface area contributed by atoms with Gasteiger partial charge in [0.05, 0.1) is 19.3 Å². The maximum Gasteiger partial charge on any atom is 0.164 e. The minimum absolute atomic E-state index is 0.0886. The number of likely N-dealkylation sites (tertiary alicyclic amines) is 1. The maximum absolute atomic E-state index is 12.1. The van der Waals surface area contributed by atoms with E-state index >= 15 is 0 Å². The van der Waals surface area contributed by atoms with Crippen molar-refractivity contribution in [3.63, 3.8) is 0 Å². The number of aliphatic hydroxyl groups excluding tert-OH is 1. The molecule has 116 valence electrons. The molecule has 0 radical (unpaired) electrons. The normalized spacial score (nSPS) is 17.0. The highest BCUT2D eigenvalue weighted by Crippen LogP contribution is 2.14. The standard InChI is InChI=1S/C17H25NO3/c1-14-2-4-15(5-3-14)17(20)8-11-18-9-6-16(7-10-18)21-13-12-19/h2-5,16,19H,6-13H2,1H3. The summed E-state index contributed by atoms with van der Waals surface area (Å²) in [4.78, 5) is 14.4. The van der Waals surface area contributed by atoms with Crippen LogP contribution in [-0.4, -0.2) is 54.7 Å². The highest BCUT2D eigenvalue weighted by molar-refractivity contribution is 5.96. The lowest BCUT2D eigenvalue weighted by molar-refractivity contribution is -0.00760. The summed E-state index contributed by atoms with van der Waals surface area (Å²) in [5.41, 5.74) is 1.98. The van der Waals surface area contributed by atoms with Crippen LogP contribution in [0.15, 0.2) is 24.3 Å². The molecule has 0 amide bonds. The van der Waals surface area contributed by atoms with Gasteiger partial charge in [-0.3, -0.25) is 4.79 Å². The first-order valence-corrected chi connectivity index (χ1v) is 7.73. The van der Waals surface area contributed by atoms with Gasteiger partial charge in [-0.1, -0.05) is 29.8 Å². The third-order valence-corrected chi connectivity index (χ3v) is 4.01. The summed E-state index contributed by atoms with van der Waals surface area (Å²) in [6.07, 6.45) is 2.81. The molecule has 0 aromatic heterocycles. The predicted octanol–water partition coefficient (Wildman–Crippen LogP) is 2.04. The largest absolute Gasteiger partial charge is 0.394 e. The van der Waals surface area contributed by atoms with E-state index in [9.17, 15) is 4.79 Å². The van der Waals surface area contributed by atoms with Crippen molar-refractivity contribution in [3.8, 4) is 0 Å². The Morgan fingerprint density at radius 3 is 2.57 bits per heavy atom. The van der Waals surface area contributed by atoms with Crippen molar-refractivity contribution >= 4 is 5.78 Å². The number of aliphatic hydroxyl groups is 1. The summed E-state index contributed by atoms with van der Waals surface area (Å²) < 4.78 is 5.54. The van der Waals surface area contributed by atoms with Gasteiger partial charge in [-0.2, -0.15) is 0 Å². The van der Waals surface area contributed by atoms with Crippen LogP contribution >= 0.6 is 0 Å². The first-order valence-electron chi connectivity index (χ1n) is 7.73. The third kappa shape index (κ3) is 5.23. The number of hydrogen-bond donors (Lipinski definition) is 1. The van der Waals surface area contributed by atoms with Crippen molar-refractivity contribution in [2.45, 2.75) is 32.3 Å². The molecule has 1 heterocycles. The molecule has 1 N–H and O–H groups in total. The van der Waals surface area contributed by atoms with Gasteiger partial charge in [0.15, 0.2) is 5.78 Å². The van der Waals surface area contributed by atoms with Gasteiger partial charge in [0.2, 0.25) is 0 Å². The molecule has 0 bridgehead atoms. The molecule has 21 heavy (non-hydrogen) atoms. The van der Waals surface area contributed by atoms with Crippen LogP contribution in [0.1, 0.15) is 35.2 Å². The Kier molecular flexibility index (Phi) is 6.36. The molecule has 0 atom stereocenters. The summed E-state index contributed by atoms with van der Waals surface area (Å²) in [5, 5.41) is 8.75. The highest BCUT2D eigenvalue weighted by atomic mass is 16.5. The molecule has 1 aliphatic heterocycles. The number of carbonyl (C=O) groups excluding carboxylic acids is 1. The van der Waals surface area contributed by atoms with E-state index < -0.39 is 0 Å². The van der Waals surface area contributed by atoms with Gasteiger partial charge in [-0.15, -0.1) is 0 Å². The van der Waals surface area contributed by atoms with Gasteiger partial charge >= 0.3 is 0 Å². The fourth-order valence-electron chi connectivity index (χ4n) is 2.66. The van der Waals surface area contributed by atoms with Crippen molar-refractivity contribution in [3.05, 3.63) is 35.4 Å². The molecule has 0 saturated carbocycles. The molecule has 0 aliphatic carbocycles. The molecule has 4 heteroatoms. The summed E-state index contributed by atoms with van der Waals surface area (Å²) in [6.45, 7) is 5.30. The average molecular weight is 291 g/mol. The van der Waals surface area contributed by atoms with Crippen molar-refractivity contribution in [1.82, 2.24) is 4.90 Å². The van der Waals surface area contributed by atoms with Crippen molar-refractivity contribution in [2.24, 2.45) is 0 Å². The number of nitrogens with zero attached hydrogens (tertiary/aromatic N) is 1. The van der Waals surface area contributed by atoms with Crippen LogP contribution < -0.4 is 0 Å². The van der Waals surface area contributed by atoms with E-state index in [1.807, 2.05) is 31.2 Å². The second-order valence-corrected chi connectivity index (χ2v) is 5.67. The molecule has 1 saturated heterocycles. The van der Waals surface area contributed by atoms with Gasteiger partial charge in [0.25, 0.3) is 0 Å². The van der Waals surface area contributed by atoms with E-state index in [2.05, 4.69) is 4.90 Å². The quantitative estimate of drug-likeness (QED) is 0.781. The number of ketones is 1. The Bertz CT molecular complexity index is 436. The van der Waals surface area contributed by atoms with E-state index in [0.717, 1.165) is 38.0 Å². The number of hydrogen-bond acceptors (Lipinski definition) is 4. The molecule has 1 aromatic carbocycles. The zero-order chi connectivity index (χ0) is 15.1. The van der Waals surface area contributed by atoms with E-state index in [0.29, 0.717) is 13.0 Å². The lowest BCUT2D eigenvalue weighted by Crippen LogP contribution is -2.38. The molecule has 1 aliphatic rings. The number of piperidine rings is 1. The number of carbonyl (C=O) groups is 1. The summed E-state index contributed by atoms with van der Waals surface area (Å²) in [7, 11) is 0. The zero-order valence-electron chi connectivity index (χ0n) is 12.8. The molecule has 4 nitrogen and oxygen atoms in total. The Labute approximate surface area is 126 Å². The van der Waals surface area contributed by atoms with Gasteiger partial charge < -0.3 is 14.7 Å². The minimum Gasteiger partial charge on any atom is -0.394 e. The molecule has 1 aromatic rings. The first-order chi connectivity index (χ1) is 10.2. The third-order valence-electron chi connectivity index (χ3n) is 4.01. The van der Waals surface area contributed by atoms with E-state index in [1.165, 1.54) is 5.56 Å². The van der Waals surface area contributed by atoms with Gasteiger partial charge in [-0.25, -0.2) is 0 Å². The van der Waals surface area contributed by atoms with Crippen LogP contribution in [-0.2, 0) is 4.74 Å². The molecule has 2 rings (SSSR count). The van der Waals surface area contributed by atoms with Crippen molar-refractivity contribution < 1.29 is 14.6 Å². The molecular formula is C17H25NO3. The Morgan fingerprint density at radius 2 is 1.95 bits per heavy atom. The summed E-state index contributed by atoms with van der Waals surface area (Å²) in [5.74, 6) is 0.216. The predicted molar refractivity (Wildman–Crippen MR) is 82.6 cm³/mol. The van der Waals surface area contributed by atoms with Crippen LogP contribution in [0.3, 0.4) is 0 Å². The second-order valence-electron chi connectivity index (χ2n) is 5.67. The summed E-state index contributed by atoms with van der Waals surface area (Å²) >= 11 is 0. The maximum atomic E-state index is 12.1. The molecule has 0 spiro atoms. The number of aryl methyl sites for hydroxylation is 1. The average Bonchev–Trinajstić information content (AvgIpc) is 2.52. The van der Waals surface area contributed by atoms with Gasteiger partial charge in [-0.05, 0) is 19.8 Å². The smallest absolute Gasteiger partial charge is 0.164 e. The number of rotatable bonds is 7. The lowest BCUT2D eigenvalue weighted by atomic mass is 10.0. The van der Waals surface area contributed by atoms with E-state index in [1.54, 1.807) is 0 Å². The van der Waals surface area contributed by atoms with Crippen molar-refractivity contribution in [1.29, 1.82) is 0 Å². The molecular weight excluding hydrogens is 266 g/mol. The van der Waals surface area contributed by atoms with Gasteiger partial charge in [0.1, 0.15) is 0 Å². The SMILES string of the molecule is Cc1ccc(C(=O)CCN2CCC(OCCO)CC2)cc1. The van der Waals surface area contributed by atoms with E-state index in [-0.39, 0.29) is 18.5 Å². The van der Waals surface area contributed by atoms with Crippen LogP contribution in [0.2, 0.25) is 0 Å². The molecule has 0 unspecified atom stereocenters. The minimum atomic E-state index is 0.0886. The first kappa shape index (κ1) is 16.1. The van der Waals surface area contributed by atoms with E-state index in [4.69, 9.17) is 9.84 Å². The van der Waals surface area contributed by atoms with Crippen LogP contribution in [0.5, 0.6) is 0 Å². The van der Waals surface area contributed by atoms with Crippen LogP contribution in [0.25, 0.3) is 0 Å². The Balaban J connectivity index is 1.69. The number of benzene rings is 1. The van der Waals surface area contributed by atoms with Crippen LogP contribution in [0, 0.1) is 6.92 Å².